The Morgan fingerprint density at radius 2 is 0.873 bits per heavy atom. The average Bonchev–Trinajstić information content (AvgIpc) is 3.24. The van der Waals surface area contributed by atoms with E-state index in [-0.39, 0.29) is 25.8 Å². The molecule has 0 saturated heterocycles. The largest absolute Gasteiger partial charge is 0.756 e. The lowest BCUT2D eigenvalue weighted by atomic mass is 10.0. The minimum Gasteiger partial charge on any atom is -0.756 e. The van der Waals surface area contributed by atoms with E-state index in [2.05, 4.69) is 50.3 Å². The molecule has 0 N–H and O–H groups in total. The molecule has 372 valence electrons. The van der Waals surface area contributed by atoms with Gasteiger partial charge in [0.05, 0.1) is 34.4 Å². The molecule has 9 heteroatoms. The maximum Gasteiger partial charge on any atom is 0.306 e. The summed E-state index contributed by atoms with van der Waals surface area (Å²) in [5, 5.41) is 0. The van der Waals surface area contributed by atoms with Gasteiger partial charge in [-0.25, -0.2) is 0 Å². The fourth-order valence-corrected chi connectivity index (χ4v) is 8.28. The highest BCUT2D eigenvalue weighted by Crippen LogP contribution is 2.38. The summed E-state index contributed by atoms with van der Waals surface area (Å²) < 4.78 is 34.8. The predicted octanol–water partition coefficient (Wildman–Crippen LogP) is 15.9. The van der Waals surface area contributed by atoms with Crippen LogP contribution in [0.2, 0.25) is 0 Å². The summed E-state index contributed by atoms with van der Waals surface area (Å²) in [4.78, 5) is 25.2. The molecule has 0 radical (unpaired) electrons. The minimum atomic E-state index is -4.53. The molecule has 63 heavy (non-hydrogen) atoms. The van der Waals surface area contributed by atoms with Crippen molar-refractivity contribution in [3.63, 3.8) is 0 Å². The molecule has 0 bridgehead atoms. The van der Waals surface area contributed by atoms with Gasteiger partial charge in [-0.1, -0.05) is 224 Å². The molecular weight excluding hydrogens is 806 g/mol. The summed E-state index contributed by atoms with van der Waals surface area (Å²) in [6, 6.07) is 0. The van der Waals surface area contributed by atoms with Crippen molar-refractivity contribution in [1.82, 2.24) is 0 Å². The smallest absolute Gasteiger partial charge is 0.306 e. The number of nitrogens with zero attached hydrogens (tertiary/aromatic N) is 1. The Labute approximate surface area is 391 Å². The summed E-state index contributed by atoms with van der Waals surface area (Å²) in [6.45, 7) is 5.41. The van der Waals surface area contributed by atoms with Gasteiger partial charge in [0.1, 0.15) is 19.3 Å². The van der Waals surface area contributed by atoms with Gasteiger partial charge in [-0.2, -0.15) is 0 Å². The SMILES string of the molecule is CCCCC/C=C\C/C=C\C/C=C\CCCCCCCCCOCC(COP(=O)([O-])OCC[N+](C)(C)C)OC(=O)CCCCCCCCCCCCCCCCCCCCCCC. The van der Waals surface area contributed by atoms with E-state index in [4.69, 9.17) is 18.5 Å². The van der Waals surface area contributed by atoms with Gasteiger partial charge in [0.2, 0.25) is 0 Å². The van der Waals surface area contributed by atoms with Crippen LogP contribution >= 0.6 is 7.82 Å². The molecule has 0 aliphatic rings. The number of hydrogen-bond donors (Lipinski definition) is 0. The highest BCUT2D eigenvalue weighted by molar-refractivity contribution is 7.45. The fraction of sp³-hybridized carbons (Fsp3) is 0.870. The molecule has 0 aliphatic heterocycles. The number of phosphoric acid groups is 1. The van der Waals surface area contributed by atoms with E-state index >= 15 is 0 Å². The molecule has 2 unspecified atom stereocenters. The summed E-state index contributed by atoms with van der Waals surface area (Å²) in [6.07, 6.45) is 57.4. The molecular formula is C54H104NO7P. The zero-order valence-corrected chi connectivity index (χ0v) is 43.2. The van der Waals surface area contributed by atoms with Crippen molar-refractivity contribution in [1.29, 1.82) is 0 Å². The summed E-state index contributed by atoms with van der Waals surface area (Å²) in [5.41, 5.74) is 0. The van der Waals surface area contributed by atoms with Crippen LogP contribution in [0.5, 0.6) is 0 Å². The lowest BCUT2D eigenvalue weighted by Crippen LogP contribution is -2.37. The van der Waals surface area contributed by atoms with Crippen molar-refractivity contribution < 1.29 is 37.3 Å². The summed E-state index contributed by atoms with van der Waals surface area (Å²) in [5.74, 6) is -0.333. The van der Waals surface area contributed by atoms with E-state index in [1.54, 1.807) is 0 Å². The third-order valence-electron chi connectivity index (χ3n) is 11.7. The fourth-order valence-electron chi connectivity index (χ4n) is 7.56. The van der Waals surface area contributed by atoms with Gasteiger partial charge in [0, 0.05) is 13.0 Å². The van der Waals surface area contributed by atoms with Crippen LogP contribution < -0.4 is 4.89 Å². The topological polar surface area (TPSA) is 94.1 Å². The number of carbonyl (C=O) groups excluding carboxylic acids is 1. The molecule has 0 aromatic carbocycles. The number of unbranched alkanes of at least 4 members (excludes halogenated alkanes) is 30. The molecule has 0 aliphatic carbocycles. The van der Waals surface area contributed by atoms with E-state index in [1.165, 1.54) is 173 Å². The molecule has 0 amide bonds. The molecule has 0 fully saturated rings. The Kier molecular flexibility index (Phi) is 46.3. The molecule has 0 aromatic heterocycles. The van der Waals surface area contributed by atoms with Gasteiger partial charge in [-0.3, -0.25) is 9.36 Å². The highest BCUT2D eigenvalue weighted by atomic mass is 31.2. The zero-order valence-electron chi connectivity index (χ0n) is 42.3. The van der Waals surface area contributed by atoms with Crippen LogP contribution in [0.4, 0.5) is 0 Å². The number of esters is 1. The number of phosphoric ester groups is 1. The molecule has 0 rings (SSSR count). The number of carbonyl (C=O) groups is 1. The number of allylic oxidation sites excluding steroid dienone is 6. The first-order chi connectivity index (χ1) is 30.6. The number of ether oxygens (including phenoxy) is 2. The van der Waals surface area contributed by atoms with Gasteiger partial charge in [0.15, 0.2) is 0 Å². The van der Waals surface area contributed by atoms with E-state index in [0.717, 1.165) is 51.4 Å². The van der Waals surface area contributed by atoms with Crippen molar-refractivity contribution in [2.45, 2.75) is 251 Å². The standard InChI is InChI=1S/C54H104NO7P/c1-6-8-10-12-14-16-18-20-22-24-26-28-29-31-33-35-37-39-41-43-45-47-54(56)62-53(52-61-63(57,58)60-50-48-55(3,4)5)51-59-49-46-44-42-40-38-36-34-32-30-27-25-23-21-19-17-15-13-11-9-7-2/h15,17,21,23,27,30,53H,6-14,16,18-20,22,24-26,28-29,31-52H2,1-5H3/b17-15-,23-21-,30-27-. The Morgan fingerprint density at radius 1 is 0.492 bits per heavy atom. The van der Waals surface area contributed by atoms with Gasteiger partial charge in [0.25, 0.3) is 7.82 Å². The van der Waals surface area contributed by atoms with Crippen molar-refractivity contribution in [2.75, 3.05) is 54.1 Å². The van der Waals surface area contributed by atoms with Gasteiger partial charge in [-0.05, 0) is 51.4 Å². The van der Waals surface area contributed by atoms with Crippen LogP contribution in [-0.4, -0.2) is 70.7 Å². The van der Waals surface area contributed by atoms with E-state index in [1.807, 2.05) is 21.1 Å². The van der Waals surface area contributed by atoms with Crippen LogP contribution in [-0.2, 0) is 27.9 Å². The second kappa shape index (κ2) is 47.2. The number of hydrogen-bond acceptors (Lipinski definition) is 7. The first-order valence-electron chi connectivity index (χ1n) is 26.7. The monoisotopic (exact) mass is 910 g/mol. The third kappa shape index (κ3) is 51.6. The molecule has 0 spiro atoms. The maximum absolute atomic E-state index is 12.8. The molecule has 0 saturated carbocycles. The Bertz CT molecular complexity index is 1100. The van der Waals surface area contributed by atoms with Crippen molar-refractivity contribution >= 4 is 13.8 Å². The first-order valence-corrected chi connectivity index (χ1v) is 28.2. The number of rotatable bonds is 50. The van der Waals surface area contributed by atoms with Crippen LogP contribution in [0.15, 0.2) is 36.5 Å². The summed E-state index contributed by atoms with van der Waals surface area (Å²) >= 11 is 0. The van der Waals surface area contributed by atoms with Crippen molar-refractivity contribution in [2.24, 2.45) is 0 Å². The van der Waals surface area contributed by atoms with Gasteiger partial charge in [-0.15, -0.1) is 0 Å². The van der Waals surface area contributed by atoms with Crippen LogP contribution in [0.3, 0.4) is 0 Å². The predicted molar refractivity (Wildman–Crippen MR) is 268 cm³/mol. The Hall–Kier alpha value is -1.28. The lowest BCUT2D eigenvalue weighted by Gasteiger charge is -2.28. The quantitative estimate of drug-likeness (QED) is 0.0197. The highest BCUT2D eigenvalue weighted by Gasteiger charge is 2.20. The Balaban J connectivity index is 4.12. The number of likely N-dealkylation sites (N-methyl/N-ethyl adjacent to an activating group) is 1. The minimum absolute atomic E-state index is 0.0251. The van der Waals surface area contributed by atoms with Crippen LogP contribution in [0.25, 0.3) is 0 Å². The summed E-state index contributed by atoms with van der Waals surface area (Å²) in [7, 11) is 1.36. The Morgan fingerprint density at radius 3 is 1.33 bits per heavy atom. The van der Waals surface area contributed by atoms with Gasteiger partial charge >= 0.3 is 5.97 Å². The van der Waals surface area contributed by atoms with Crippen molar-refractivity contribution in [3.05, 3.63) is 36.5 Å². The van der Waals surface area contributed by atoms with E-state index < -0.39 is 13.9 Å². The molecule has 2 atom stereocenters. The third-order valence-corrected chi connectivity index (χ3v) is 12.7. The van der Waals surface area contributed by atoms with Crippen LogP contribution in [0.1, 0.15) is 245 Å². The second-order valence-corrected chi connectivity index (χ2v) is 20.7. The molecule has 8 nitrogen and oxygen atoms in total. The molecule has 0 heterocycles. The maximum atomic E-state index is 12.8. The van der Waals surface area contributed by atoms with Crippen molar-refractivity contribution in [3.8, 4) is 0 Å². The first kappa shape index (κ1) is 61.7. The van der Waals surface area contributed by atoms with E-state index in [0.29, 0.717) is 24.1 Å². The van der Waals surface area contributed by atoms with Crippen LogP contribution in [0, 0.1) is 0 Å². The van der Waals surface area contributed by atoms with E-state index in [9.17, 15) is 14.3 Å². The number of quaternary nitrogens is 1. The average molecular weight is 910 g/mol. The normalized spacial score (nSPS) is 13.8. The molecule has 0 aromatic rings. The van der Waals surface area contributed by atoms with Gasteiger partial charge < -0.3 is 27.9 Å². The second-order valence-electron chi connectivity index (χ2n) is 19.2. The zero-order chi connectivity index (χ0) is 46.2. The lowest BCUT2D eigenvalue weighted by molar-refractivity contribution is -0.870.